The van der Waals surface area contributed by atoms with E-state index < -0.39 is 16.4 Å². The van der Waals surface area contributed by atoms with Crippen LogP contribution in [0.25, 0.3) is 0 Å². The van der Waals surface area contributed by atoms with Crippen LogP contribution in [0.3, 0.4) is 0 Å². The van der Waals surface area contributed by atoms with Crippen molar-refractivity contribution in [3.8, 4) is 0 Å². The maximum absolute atomic E-state index is 10.2. The second kappa shape index (κ2) is 9.13. The normalized spacial score (nSPS) is 23.6. The summed E-state index contributed by atoms with van der Waals surface area (Å²) in [5, 5.41) is 10.4. The minimum absolute atomic E-state index is 0.0688. The van der Waals surface area contributed by atoms with Crippen molar-refractivity contribution in [3.63, 3.8) is 0 Å². The molecule has 1 rings (SSSR count). The Morgan fingerprint density at radius 1 is 1.04 bits per heavy atom. The molecule has 0 aromatic heterocycles. The molecule has 3 atom stereocenters. The Hall–Kier alpha value is -0.206. The second-order valence-electron chi connectivity index (χ2n) is 9.77. The molecule has 1 saturated heterocycles. The molecule has 1 heterocycles. The lowest BCUT2D eigenvalue weighted by Gasteiger charge is -2.36. The first-order chi connectivity index (χ1) is 11.4. The Morgan fingerprint density at radius 2 is 1.64 bits per heavy atom. The van der Waals surface area contributed by atoms with Crippen molar-refractivity contribution in [1.29, 1.82) is 0 Å². The standard InChI is InChI=1S/C20H40O3Si2/c1-20(2,3)25(7,8)22-16-14-12-10-9-11-13-15-17(21)18-19(23-18)24(4,5)6/h10-13,17-19,21H,9,14-16H2,1-8H3/b12-10-,13-11-/t17-,18-,19-/m0/s1. The highest BCUT2D eigenvalue weighted by Crippen LogP contribution is 2.36. The molecule has 1 aliphatic rings. The molecule has 3 nitrogen and oxygen atoms in total. The Bertz CT molecular complexity index is 459. The summed E-state index contributed by atoms with van der Waals surface area (Å²) in [5.41, 5.74) is 0.330. The number of epoxide rings is 1. The Kier molecular flexibility index (Phi) is 8.34. The average Bonchev–Trinajstić information content (AvgIpc) is 3.24. The van der Waals surface area contributed by atoms with Crippen molar-refractivity contribution >= 4 is 16.4 Å². The van der Waals surface area contributed by atoms with Crippen LogP contribution < -0.4 is 0 Å². The fourth-order valence-corrected chi connectivity index (χ4v) is 5.30. The average molecular weight is 385 g/mol. The van der Waals surface area contributed by atoms with Gasteiger partial charge in [-0.05, 0) is 37.4 Å². The highest BCUT2D eigenvalue weighted by Gasteiger charge is 2.51. The fraction of sp³-hybridized carbons (Fsp3) is 0.800. The van der Waals surface area contributed by atoms with Gasteiger partial charge in [-0.3, -0.25) is 0 Å². The summed E-state index contributed by atoms with van der Waals surface area (Å²) >= 11 is 0. The maximum Gasteiger partial charge on any atom is 0.191 e. The van der Waals surface area contributed by atoms with Crippen molar-refractivity contribution in [1.82, 2.24) is 0 Å². The lowest BCUT2D eigenvalue weighted by Crippen LogP contribution is -2.40. The Morgan fingerprint density at radius 3 is 2.16 bits per heavy atom. The van der Waals surface area contributed by atoms with Gasteiger partial charge in [0.25, 0.3) is 0 Å². The van der Waals surface area contributed by atoms with Gasteiger partial charge in [-0.25, -0.2) is 0 Å². The zero-order chi connectivity index (χ0) is 19.3. The molecule has 1 aliphatic heterocycles. The Balaban J connectivity index is 2.13. The predicted molar refractivity (Wildman–Crippen MR) is 113 cm³/mol. The molecule has 0 spiro atoms. The van der Waals surface area contributed by atoms with Gasteiger partial charge in [0, 0.05) is 6.61 Å². The zero-order valence-corrected chi connectivity index (χ0v) is 19.6. The maximum atomic E-state index is 10.2. The van der Waals surface area contributed by atoms with E-state index in [9.17, 15) is 5.11 Å². The van der Waals surface area contributed by atoms with Gasteiger partial charge in [-0.2, -0.15) is 0 Å². The molecule has 0 aromatic carbocycles. The molecule has 146 valence electrons. The summed E-state index contributed by atoms with van der Waals surface area (Å²) in [6.45, 7) is 19.1. The third-order valence-corrected chi connectivity index (χ3v) is 12.0. The summed E-state index contributed by atoms with van der Waals surface area (Å²) in [6, 6.07) is 0. The lowest BCUT2D eigenvalue weighted by atomic mass is 10.2. The van der Waals surface area contributed by atoms with Gasteiger partial charge in [0.1, 0.15) is 6.10 Å². The predicted octanol–water partition coefficient (Wildman–Crippen LogP) is 5.30. The molecule has 0 aromatic rings. The SMILES string of the molecule is CC(C)(C)[Si](C)(C)OCC/C=C\C/C=C\C[C@H](O)[C@@H]1O[C@H]1[Si](C)(C)C. The molecule has 0 amide bonds. The van der Waals surface area contributed by atoms with Crippen LogP contribution in [-0.4, -0.2) is 46.0 Å². The number of hydrogen-bond acceptors (Lipinski definition) is 3. The van der Waals surface area contributed by atoms with Crippen LogP contribution >= 0.6 is 0 Å². The molecule has 0 aliphatic carbocycles. The number of ether oxygens (including phenoxy) is 1. The van der Waals surface area contributed by atoms with E-state index in [1.165, 1.54) is 0 Å². The molecule has 0 bridgehead atoms. The lowest BCUT2D eigenvalue weighted by molar-refractivity contribution is 0.138. The van der Waals surface area contributed by atoms with Gasteiger partial charge in [0.05, 0.1) is 19.9 Å². The number of aliphatic hydroxyl groups excluding tert-OH is 1. The van der Waals surface area contributed by atoms with E-state index in [2.05, 4.69) is 77.8 Å². The summed E-state index contributed by atoms with van der Waals surface area (Å²) < 4.78 is 11.8. The highest BCUT2D eigenvalue weighted by molar-refractivity contribution is 6.78. The summed E-state index contributed by atoms with van der Waals surface area (Å²) in [4.78, 5) is 0. The first-order valence-electron chi connectivity index (χ1n) is 9.64. The van der Waals surface area contributed by atoms with Gasteiger partial charge in [0.15, 0.2) is 8.32 Å². The first kappa shape index (κ1) is 22.8. The minimum atomic E-state index is -1.61. The molecule has 1 N–H and O–H groups in total. The monoisotopic (exact) mass is 384 g/mol. The van der Waals surface area contributed by atoms with Crippen molar-refractivity contribution in [3.05, 3.63) is 24.3 Å². The van der Waals surface area contributed by atoms with Crippen molar-refractivity contribution < 1.29 is 14.3 Å². The summed E-state index contributed by atoms with van der Waals surface area (Å²) in [5.74, 6) is 0. The van der Waals surface area contributed by atoms with Crippen LogP contribution in [0.2, 0.25) is 37.8 Å². The molecule has 25 heavy (non-hydrogen) atoms. The smallest absolute Gasteiger partial charge is 0.191 e. The summed E-state index contributed by atoms with van der Waals surface area (Å²) in [7, 11) is -2.88. The zero-order valence-electron chi connectivity index (χ0n) is 17.6. The Labute approximate surface area is 157 Å². The van der Waals surface area contributed by atoms with Gasteiger partial charge in [-0.15, -0.1) is 0 Å². The van der Waals surface area contributed by atoms with E-state index in [1.807, 2.05) is 0 Å². The van der Waals surface area contributed by atoms with Gasteiger partial charge < -0.3 is 14.3 Å². The van der Waals surface area contributed by atoms with Gasteiger partial charge in [-0.1, -0.05) is 64.7 Å². The van der Waals surface area contributed by atoms with Crippen molar-refractivity contribution in [2.45, 2.75) is 95.7 Å². The molecular formula is C20H40O3Si2. The molecule has 0 radical (unpaired) electrons. The minimum Gasteiger partial charge on any atom is -0.417 e. The van der Waals surface area contributed by atoms with Crippen LogP contribution in [0.4, 0.5) is 0 Å². The molecular weight excluding hydrogens is 344 g/mol. The third-order valence-electron chi connectivity index (χ3n) is 5.29. The number of rotatable bonds is 10. The first-order valence-corrected chi connectivity index (χ1v) is 16.1. The van der Waals surface area contributed by atoms with Gasteiger partial charge in [0.2, 0.25) is 0 Å². The fourth-order valence-electron chi connectivity index (χ4n) is 2.47. The molecule has 5 heteroatoms. The van der Waals surface area contributed by atoms with Crippen molar-refractivity contribution in [2.24, 2.45) is 0 Å². The largest absolute Gasteiger partial charge is 0.417 e. The van der Waals surface area contributed by atoms with E-state index in [-0.39, 0.29) is 17.2 Å². The third kappa shape index (κ3) is 7.91. The second-order valence-corrected chi connectivity index (χ2v) is 19.9. The highest BCUT2D eigenvalue weighted by atomic mass is 28.4. The topological polar surface area (TPSA) is 42.0 Å². The van der Waals surface area contributed by atoms with E-state index in [0.29, 0.717) is 12.1 Å². The molecule has 0 saturated carbocycles. The quantitative estimate of drug-likeness (QED) is 0.241. The summed E-state index contributed by atoms with van der Waals surface area (Å²) in [6.07, 6.45) is 10.9. The molecule has 1 fully saturated rings. The van der Waals surface area contributed by atoms with Crippen LogP contribution in [-0.2, 0) is 9.16 Å². The molecule has 0 unspecified atom stereocenters. The van der Waals surface area contributed by atoms with E-state index in [1.54, 1.807) is 0 Å². The van der Waals surface area contributed by atoms with Crippen LogP contribution in [0, 0.1) is 0 Å². The van der Waals surface area contributed by atoms with E-state index in [4.69, 9.17) is 9.16 Å². The van der Waals surface area contributed by atoms with Crippen LogP contribution in [0.1, 0.15) is 40.0 Å². The van der Waals surface area contributed by atoms with Crippen LogP contribution in [0.15, 0.2) is 24.3 Å². The van der Waals surface area contributed by atoms with E-state index in [0.717, 1.165) is 19.4 Å². The van der Waals surface area contributed by atoms with Crippen LogP contribution in [0.5, 0.6) is 0 Å². The number of aliphatic hydroxyl groups is 1. The number of hydrogen-bond donors (Lipinski definition) is 1. The van der Waals surface area contributed by atoms with Gasteiger partial charge >= 0.3 is 0 Å². The van der Waals surface area contributed by atoms with Crippen molar-refractivity contribution in [2.75, 3.05) is 6.61 Å². The number of allylic oxidation sites excluding steroid dienone is 2. The van der Waals surface area contributed by atoms with E-state index >= 15 is 0 Å².